The standard InChI is InChI=1S/C21H33N5.HI/c1-22-21(26-15-18-7-3-4-8-19(18)16-26)24-14-17-9-10-23-20(13-17)25-11-5-2-6-12-25;/h9-10,13,18-19H,2-8,11-12,14-16H2,1H3,(H,22,24);1H. The molecule has 2 aliphatic heterocycles. The second-order valence-corrected chi connectivity index (χ2v) is 8.18. The highest BCUT2D eigenvalue weighted by Gasteiger charge is 2.35. The van der Waals surface area contributed by atoms with Crippen LogP contribution in [0.2, 0.25) is 0 Å². The zero-order chi connectivity index (χ0) is 17.8. The third kappa shape index (κ3) is 5.06. The van der Waals surface area contributed by atoms with Crippen molar-refractivity contribution in [1.29, 1.82) is 0 Å². The molecule has 2 saturated heterocycles. The molecule has 0 spiro atoms. The number of hydrogen-bond donors (Lipinski definition) is 1. The minimum Gasteiger partial charge on any atom is -0.357 e. The van der Waals surface area contributed by atoms with E-state index in [2.05, 4.69) is 37.2 Å². The number of halogens is 1. The van der Waals surface area contributed by atoms with E-state index in [0.29, 0.717) is 0 Å². The van der Waals surface area contributed by atoms with Crippen LogP contribution in [0.3, 0.4) is 0 Å². The van der Waals surface area contributed by atoms with Gasteiger partial charge in [-0.15, -0.1) is 24.0 Å². The fourth-order valence-corrected chi connectivity index (χ4v) is 4.96. The van der Waals surface area contributed by atoms with E-state index >= 15 is 0 Å². The van der Waals surface area contributed by atoms with E-state index in [1.807, 2.05) is 13.2 Å². The summed E-state index contributed by atoms with van der Waals surface area (Å²) in [6.45, 7) is 5.46. The Morgan fingerprint density at radius 1 is 1.11 bits per heavy atom. The molecular formula is C21H34IN5. The summed E-state index contributed by atoms with van der Waals surface area (Å²) in [7, 11) is 1.91. The zero-order valence-corrected chi connectivity index (χ0v) is 18.9. The molecule has 0 amide bonds. The lowest BCUT2D eigenvalue weighted by Crippen LogP contribution is -2.40. The quantitative estimate of drug-likeness (QED) is 0.403. The Labute approximate surface area is 181 Å². The predicted octanol–water partition coefficient (Wildman–Crippen LogP) is 3.89. The van der Waals surface area contributed by atoms with Crippen LogP contribution < -0.4 is 10.2 Å². The Balaban J connectivity index is 0.00000210. The van der Waals surface area contributed by atoms with E-state index in [1.54, 1.807) is 0 Å². The van der Waals surface area contributed by atoms with Crippen molar-refractivity contribution >= 4 is 35.8 Å². The number of guanidine groups is 1. The predicted molar refractivity (Wildman–Crippen MR) is 123 cm³/mol. The van der Waals surface area contributed by atoms with Crippen molar-refractivity contribution in [1.82, 2.24) is 15.2 Å². The number of anilines is 1. The summed E-state index contributed by atoms with van der Waals surface area (Å²) in [5.41, 5.74) is 1.29. The van der Waals surface area contributed by atoms with Crippen molar-refractivity contribution in [2.75, 3.05) is 38.1 Å². The van der Waals surface area contributed by atoms with Crippen molar-refractivity contribution in [3.63, 3.8) is 0 Å². The summed E-state index contributed by atoms with van der Waals surface area (Å²) in [6, 6.07) is 4.37. The number of pyridine rings is 1. The summed E-state index contributed by atoms with van der Waals surface area (Å²) in [5.74, 6) is 3.96. The minimum atomic E-state index is 0. The van der Waals surface area contributed by atoms with Gasteiger partial charge in [0.05, 0.1) is 0 Å². The summed E-state index contributed by atoms with van der Waals surface area (Å²) in [5, 5.41) is 3.60. The van der Waals surface area contributed by atoms with Gasteiger partial charge >= 0.3 is 0 Å². The number of piperidine rings is 1. The molecule has 6 heteroatoms. The summed E-state index contributed by atoms with van der Waals surface area (Å²) in [4.78, 5) is 14.1. The van der Waals surface area contributed by atoms with Crippen molar-refractivity contribution in [3.05, 3.63) is 23.9 Å². The maximum atomic E-state index is 4.59. The van der Waals surface area contributed by atoms with Gasteiger partial charge in [0.2, 0.25) is 0 Å². The van der Waals surface area contributed by atoms with Crippen LogP contribution in [0.5, 0.6) is 0 Å². The van der Waals surface area contributed by atoms with E-state index in [4.69, 9.17) is 0 Å². The molecule has 1 N–H and O–H groups in total. The fourth-order valence-electron chi connectivity index (χ4n) is 4.96. The Kier molecular flexibility index (Phi) is 7.61. The van der Waals surface area contributed by atoms with Gasteiger partial charge in [0.1, 0.15) is 5.82 Å². The van der Waals surface area contributed by atoms with Crippen LogP contribution in [0.25, 0.3) is 0 Å². The van der Waals surface area contributed by atoms with Crippen LogP contribution in [-0.2, 0) is 6.54 Å². The van der Waals surface area contributed by atoms with Crippen LogP contribution in [-0.4, -0.2) is 49.1 Å². The molecule has 5 nitrogen and oxygen atoms in total. The Morgan fingerprint density at radius 3 is 2.48 bits per heavy atom. The molecule has 1 aromatic rings. The average molecular weight is 483 g/mol. The SMILES string of the molecule is CN=C(NCc1ccnc(N2CCCCC2)c1)N1CC2CCCCC2C1.I. The first-order valence-electron chi connectivity index (χ1n) is 10.5. The molecule has 3 aliphatic rings. The topological polar surface area (TPSA) is 43.8 Å². The molecule has 2 unspecified atom stereocenters. The molecular weight excluding hydrogens is 449 g/mol. The molecule has 150 valence electrons. The maximum absolute atomic E-state index is 4.59. The first-order valence-corrected chi connectivity index (χ1v) is 10.5. The molecule has 1 saturated carbocycles. The van der Waals surface area contributed by atoms with E-state index < -0.39 is 0 Å². The van der Waals surface area contributed by atoms with E-state index in [0.717, 1.165) is 43.2 Å². The number of fused-ring (bicyclic) bond motifs is 1. The third-order valence-electron chi connectivity index (χ3n) is 6.43. The van der Waals surface area contributed by atoms with E-state index in [1.165, 1.54) is 63.6 Å². The molecule has 4 rings (SSSR count). The lowest BCUT2D eigenvalue weighted by Gasteiger charge is -2.28. The Morgan fingerprint density at radius 2 is 1.81 bits per heavy atom. The summed E-state index contributed by atoms with van der Waals surface area (Å²) in [6.07, 6.45) is 11.5. The van der Waals surface area contributed by atoms with Gasteiger partial charge in [-0.3, -0.25) is 4.99 Å². The second-order valence-electron chi connectivity index (χ2n) is 8.18. The maximum Gasteiger partial charge on any atom is 0.193 e. The number of likely N-dealkylation sites (tertiary alicyclic amines) is 1. The summed E-state index contributed by atoms with van der Waals surface area (Å²) >= 11 is 0. The van der Waals surface area contributed by atoms with Crippen LogP contribution >= 0.6 is 24.0 Å². The highest BCUT2D eigenvalue weighted by molar-refractivity contribution is 14.0. The van der Waals surface area contributed by atoms with Crippen molar-refractivity contribution in [2.24, 2.45) is 16.8 Å². The van der Waals surface area contributed by atoms with Gasteiger partial charge < -0.3 is 15.1 Å². The van der Waals surface area contributed by atoms with Gasteiger partial charge in [-0.05, 0) is 61.6 Å². The number of hydrogen-bond acceptors (Lipinski definition) is 3. The second kappa shape index (κ2) is 9.94. The average Bonchev–Trinajstić information content (AvgIpc) is 3.13. The molecule has 1 aliphatic carbocycles. The van der Waals surface area contributed by atoms with Crippen molar-refractivity contribution in [3.8, 4) is 0 Å². The highest BCUT2D eigenvalue weighted by atomic mass is 127. The number of nitrogens with zero attached hydrogens (tertiary/aromatic N) is 4. The largest absolute Gasteiger partial charge is 0.357 e. The Bertz CT molecular complexity index is 615. The molecule has 3 fully saturated rings. The first-order chi connectivity index (χ1) is 12.8. The number of aliphatic imine (C=N–C) groups is 1. The smallest absolute Gasteiger partial charge is 0.193 e. The molecule has 0 radical (unpaired) electrons. The van der Waals surface area contributed by atoms with Gasteiger partial charge in [0.15, 0.2) is 5.96 Å². The normalized spacial score (nSPS) is 25.7. The molecule has 0 aromatic carbocycles. The monoisotopic (exact) mass is 483 g/mol. The lowest BCUT2D eigenvalue weighted by atomic mass is 9.82. The first kappa shape index (κ1) is 20.7. The number of rotatable bonds is 3. The van der Waals surface area contributed by atoms with Crippen LogP contribution in [0.1, 0.15) is 50.5 Å². The molecule has 0 bridgehead atoms. The molecule has 1 aromatic heterocycles. The number of aromatic nitrogens is 1. The zero-order valence-electron chi connectivity index (χ0n) is 16.6. The van der Waals surface area contributed by atoms with Gasteiger partial charge in [0, 0.05) is 46.0 Å². The van der Waals surface area contributed by atoms with Gasteiger partial charge in [0.25, 0.3) is 0 Å². The van der Waals surface area contributed by atoms with Crippen molar-refractivity contribution < 1.29 is 0 Å². The van der Waals surface area contributed by atoms with Crippen LogP contribution in [0.4, 0.5) is 5.82 Å². The molecule has 27 heavy (non-hydrogen) atoms. The van der Waals surface area contributed by atoms with Crippen LogP contribution in [0.15, 0.2) is 23.3 Å². The summed E-state index contributed by atoms with van der Waals surface area (Å²) < 4.78 is 0. The van der Waals surface area contributed by atoms with Crippen molar-refractivity contribution in [2.45, 2.75) is 51.5 Å². The lowest BCUT2D eigenvalue weighted by molar-refractivity contribution is 0.299. The van der Waals surface area contributed by atoms with E-state index in [-0.39, 0.29) is 24.0 Å². The van der Waals surface area contributed by atoms with Crippen LogP contribution in [0, 0.1) is 11.8 Å². The molecule has 3 heterocycles. The third-order valence-corrected chi connectivity index (χ3v) is 6.43. The Hall–Kier alpha value is -1.05. The van der Waals surface area contributed by atoms with Gasteiger partial charge in [-0.2, -0.15) is 0 Å². The fraction of sp³-hybridized carbons (Fsp3) is 0.714. The highest BCUT2D eigenvalue weighted by Crippen LogP contribution is 2.35. The minimum absolute atomic E-state index is 0. The molecule has 2 atom stereocenters. The number of nitrogens with one attached hydrogen (secondary N) is 1. The van der Waals surface area contributed by atoms with Gasteiger partial charge in [-0.1, -0.05) is 12.8 Å². The van der Waals surface area contributed by atoms with Gasteiger partial charge in [-0.25, -0.2) is 4.98 Å². The van der Waals surface area contributed by atoms with E-state index in [9.17, 15) is 0 Å².